The average Bonchev–Trinajstić information content (AvgIpc) is 3.31. The summed E-state index contributed by atoms with van der Waals surface area (Å²) < 4.78 is 5.33. The summed E-state index contributed by atoms with van der Waals surface area (Å²) in [5, 5.41) is 7.16. The first-order valence-corrected chi connectivity index (χ1v) is 11.3. The summed E-state index contributed by atoms with van der Waals surface area (Å²) in [5.74, 6) is 2.53. The van der Waals surface area contributed by atoms with Crippen LogP contribution in [0.4, 0.5) is 0 Å². The Bertz CT molecular complexity index is 627. The number of rotatable bonds is 8. The monoisotopic (exact) mass is 401 g/mol. The highest BCUT2D eigenvalue weighted by Gasteiger charge is 2.24. The van der Waals surface area contributed by atoms with E-state index in [0.29, 0.717) is 12.0 Å². The van der Waals surface area contributed by atoms with E-state index in [0.717, 1.165) is 31.3 Å². The van der Waals surface area contributed by atoms with Gasteiger partial charge >= 0.3 is 0 Å². The lowest BCUT2D eigenvalue weighted by Gasteiger charge is -2.32. The zero-order valence-electron chi connectivity index (χ0n) is 18.5. The molecule has 2 N–H and O–H groups in total. The Morgan fingerprint density at radius 2 is 1.90 bits per heavy atom. The molecule has 0 spiro atoms. The first-order valence-electron chi connectivity index (χ1n) is 11.3. The van der Waals surface area contributed by atoms with Gasteiger partial charge in [-0.1, -0.05) is 19.1 Å². The molecule has 2 atom stereocenters. The lowest BCUT2D eigenvalue weighted by atomic mass is 9.98. The maximum absolute atomic E-state index is 5.33. The van der Waals surface area contributed by atoms with Gasteiger partial charge in [0.05, 0.1) is 13.2 Å². The van der Waals surface area contributed by atoms with Crippen molar-refractivity contribution >= 4 is 5.96 Å². The van der Waals surface area contributed by atoms with Gasteiger partial charge in [-0.25, -0.2) is 0 Å². The van der Waals surface area contributed by atoms with Crippen molar-refractivity contribution in [3.05, 3.63) is 29.8 Å². The second-order valence-electron chi connectivity index (χ2n) is 8.27. The lowest BCUT2D eigenvalue weighted by Crippen LogP contribution is -2.46. The molecule has 2 unspecified atom stereocenters. The summed E-state index contributed by atoms with van der Waals surface area (Å²) in [6, 6.07) is 8.87. The topological polar surface area (TPSA) is 52.1 Å². The maximum atomic E-state index is 5.33. The Kier molecular flexibility index (Phi) is 8.62. The van der Waals surface area contributed by atoms with Gasteiger partial charge in [0.15, 0.2) is 5.96 Å². The molecular weight excluding hydrogens is 362 g/mol. The van der Waals surface area contributed by atoms with Gasteiger partial charge in [0.1, 0.15) is 5.75 Å². The third-order valence-corrected chi connectivity index (χ3v) is 6.38. The van der Waals surface area contributed by atoms with Gasteiger partial charge in [0.25, 0.3) is 0 Å². The fourth-order valence-corrected chi connectivity index (χ4v) is 4.60. The number of nitrogens with zero attached hydrogens (tertiary/aromatic N) is 3. The number of hydrogen-bond acceptors (Lipinski definition) is 4. The molecule has 0 amide bonds. The molecule has 0 aliphatic carbocycles. The number of nitrogens with one attached hydrogen (secondary N) is 2. The fraction of sp³-hybridized carbons (Fsp3) is 0.696. The number of methoxy groups -OCH3 is 1. The van der Waals surface area contributed by atoms with Crippen molar-refractivity contribution in [2.75, 3.05) is 60.0 Å². The number of aliphatic imine (C=N–C) groups is 1. The predicted octanol–water partition coefficient (Wildman–Crippen LogP) is 2.73. The van der Waals surface area contributed by atoms with E-state index in [-0.39, 0.29) is 0 Å². The van der Waals surface area contributed by atoms with Crippen LogP contribution in [0.15, 0.2) is 29.3 Å². The zero-order valence-corrected chi connectivity index (χ0v) is 18.5. The van der Waals surface area contributed by atoms with Gasteiger partial charge in [-0.2, -0.15) is 0 Å². The number of piperidine rings is 1. The Morgan fingerprint density at radius 3 is 2.55 bits per heavy atom. The smallest absolute Gasteiger partial charge is 0.191 e. The van der Waals surface area contributed by atoms with Gasteiger partial charge in [0.2, 0.25) is 0 Å². The van der Waals surface area contributed by atoms with E-state index >= 15 is 0 Å². The molecular formula is C23H39N5O. The summed E-state index contributed by atoms with van der Waals surface area (Å²) in [5.41, 5.74) is 1.33. The third kappa shape index (κ3) is 6.34. The number of ether oxygens (including phenoxy) is 1. The lowest BCUT2D eigenvalue weighted by molar-refractivity contribution is 0.183. The Balaban J connectivity index is 1.55. The van der Waals surface area contributed by atoms with E-state index in [4.69, 9.17) is 4.74 Å². The van der Waals surface area contributed by atoms with Crippen molar-refractivity contribution in [1.29, 1.82) is 0 Å². The minimum absolute atomic E-state index is 0.354. The highest BCUT2D eigenvalue weighted by molar-refractivity contribution is 5.79. The van der Waals surface area contributed by atoms with E-state index in [1.807, 2.05) is 7.05 Å². The van der Waals surface area contributed by atoms with E-state index < -0.39 is 0 Å². The SMILES string of the molecule is CCN1CCCC(CNC(=NC)NCC(c2ccc(OC)cc2)N2CCCC2)C1. The van der Waals surface area contributed by atoms with Crippen LogP contribution in [0.2, 0.25) is 0 Å². The average molecular weight is 402 g/mol. The molecule has 1 aromatic rings. The first-order chi connectivity index (χ1) is 14.2. The molecule has 3 rings (SSSR count). The van der Waals surface area contributed by atoms with Crippen molar-refractivity contribution in [3.8, 4) is 5.75 Å². The largest absolute Gasteiger partial charge is 0.497 e. The minimum Gasteiger partial charge on any atom is -0.497 e. The van der Waals surface area contributed by atoms with Crippen molar-refractivity contribution in [1.82, 2.24) is 20.4 Å². The predicted molar refractivity (Wildman–Crippen MR) is 121 cm³/mol. The summed E-state index contributed by atoms with van der Waals surface area (Å²) in [6.45, 7) is 10.0. The van der Waals surface area contributed by atoms with Crippen LogP contribution >= 0.6 is 0 Å². The van der Waals surface area contributed by atoms with Crippen LogP contribution in [-0.4, -0.2) is 75.7 Å². The first kappa shape index (κ1) is 21.9. The quantitative estimate of drug-likeness (QED) is 0.518. The van der Waals surface area contributed by atoms with Crippen LogP contribution in [-0.2, 0) is 0 Å². The number of likely N-dealkylation sites (tertiary alicyclic amines) is 2. The molecule has 0 aromatic heterocycles. The molecule has 1 aromatic carbocycles. The highest BCUT2D eigenvalue weighted by Crippen LogP contribution is 2.26. The molecule has 2 aliphatic rings. The summed E-state index contributed by atoms with van der Waals surface area (Å²) in [6.07, 6.45) is 5.19. The van der Waals surface area contributed by atoms with Gasteiger partial charge < -0.3 is 20.3 Å². The molecule has 2 fully saturated rings. The van der Waals surface area contributed by atoms with Crippen LogP contribution < -0.4 is 15.4 Å². The molecule has 2 heterocycles. The van der Waals surface area contributed by atoms with Crippen LogP contribution in [0.3, 0.4) is 0 Å². The summed E-state index contributed by atoms with van der Waals surface area (Å²) in [7, 11) is 3.59. The molecule has 2 aliphatic heterocycles. The van der Waals surface area contributed by atoms with Gasteiger partial charge in [0, 0.05) is 26.7 Å². The van der Waals surface area contributed by atoms with Crippen molar-refractivity contribution < 1.29 is 4.74 Å². The molecule has 0 bridgehead atoms. The second-order valence-corrected chi connectivity index (χ2v) is 8.27. The van der Waals surface area contributed by atoms with E-state index in [1.165, 1.54) is 57.4 Å². The zero-order chi connectivity index (χ0) is 20.5. The normalized spacial score (nSPS) is 22.4. The van der Waals surface area contributed by atoms with Gasteiger partial charge in [-0.15, -0.1) is 0 Å². The van der Waals surface area contributed by atoms with Gasteiger partial charge in [-0.3, -0.25) is 9.89 Å². The second kappa shape index (κ2) is 11.4. The molecule has 29 heavy (non-hydrogen) atoms. The van der Waals surface area contributed by atoms with Crippen LogP contribution in [0, 0.1) is 5.92 Å². The maximum Gasteiger partial charge on any atom is 0.191 e. The Morgan fingerprint density at radius 1 is 1.14 bits per heavy atom. The molecule has 6 heteroatoms. The van der Waals surface area contributed by atoms with Crippen LogP contribution in [0.1, 0.15) is 44.2 Å². The number of guanidine groups is 1. The van der Waals surface area contributed by atoms with Crippen molar-refractivity contribution in [2.24, 2.45) is 10.9 Å². The van der Waals surface area contributed by atoms with Crippen molar-refractivity contribution in [2.45, 2.75) is 38.6 Å². The van der Waals surface area contributed by atoms with E-state index in [1.54, 1.807) is 7.11 Å². The Hall–Kier alpha value is -1.79. The van der Waals surface area contributed by atoms with E-state index in [9.17, 15) is 0 Å². The van der Waals surface area contributed by atoms with Crippen LogP contribution in [0.25, 0.3) is 0 Å². The molecule has 0 radical (unpaired) electrons. The standard InChI is InChI=1S/C23H39N5O/c1-4-27-13-7-8-19(18-27)16-25-23(24-2)26-17-22(28-14-5-6-15-28)20-9-11-21(29-3)12-10-20/h9-12,19,22H,4-8,13-18H2,1-3H3,(H2,24,25,26). The minimum atomic E-state index is 0.354. The summed E-state index contributed by atoms with van der Waals surface area (Å²) >= 11 is 0. The highest BCUT2D eigenvalue weighted by atomic mass is 16.5. The van der Waals surface area contributed by atoms with Crippen molar-refractivity contribution in [3.63, 3.8) is 0 Å². The number of hydrogen-bond donors (Lipinski definition) is 2. The van der Waals surface area contributed by atoms with E-state index in [2.05, 4.69) is 56.6 Å². The fourth-order valence-electron chi connectivity index (χ4n) is 4.60. The third-order valence-electron chi connectivity index (χ3n) is 6.38. The van der Waals surface area contributed by atoms with Crippen LogP contribution in [0.5, 0.6) is 5.75 Å². The number of benzene rings is 1. The molecule has 6 nitrogen and oxygen atoms in total. The molecule has 0 saturated carbocycles. The molecule has 162 valence electrons. The van der Waals surface area contributed by atoms with Gasteiger partial charge in [-0.05, 0) is 75.5 Å². The molecule has 2 saturated heterocycles. The summed E-state index contributed by atoms with van der Waals surface area (Å²) in [4.78, 5) is 9.61. The Labute approximate surface area is 176 Å².